The molecule has 0 fully saturated rings. The lowest BCUT2D eigenvalue weighted by Gasteiger charge is -1.76. The SMILES string of the molecule is Nc1cn(C=S)nn1. The second-order valence-electron chi connectivity index (χ2n) is 1.23. The normalized spacial score (nSPS) is 9.00. The lowest BCUT2D eigenvalue weighted by molar-refractivity contribution is 0.865. The number of nitrogens with two attached hydrogens (primary N) is 1. The molecular formula is C3H4N4S. The maximum absolute atomic E-state index is 5.19. The summed E-state index contributed by atoms with van der Waals surface area (Å²) in [5.41, 5.74) is 6.54. The van der Waals surface area contributed by atoms with Crippen LogP contribution in [0.3, 0.4) is 0 Å². The van der Waals surface area contributed by atoms with E-state index in [0.29, 0.717) is 5.82 Å². The highest BCUT2D eigenvalue weighted by Crippen LogP contribution is 1.87. The van der Waals surface area contributed by atoms with Gasteiger partial charge in [-0.05, 0) is 0 Å². The van der Waals surface area contributed by atoms with Gasteiger partial charge in [0.1, 0.15) is 0 Å². The van der Waals surface area contributed by atoms with Crippen molar-refractivity contribution in [1.29, 1.82) is 0 Å². The Morgan fingerprint density at radius 1 is 1.88 bits per heavy atom. The molecule has 0 radical (unpaired) electrons. The third kappa shape index (κ3) is 0.812. The smallest absolute Gasteiger partial charge is 0.166 e. The maximum atomic E-state index is 5.19. The molecule has 1 heterocycles. The third-order valence-electron chi connectivity index (χ3n) is 0.636. The molecule has 0 unspecified atom stereocenters. The summed E-state index contributed by atoms with van der Waals surface area (Å²) in [7, 11) is 0. The first-order valence-corrected chi connectivity index (χ1v) is 2.42. The van der Waals surface area contributed by atoms with Crippen LogP contribution < -0.4 is 5.73 Å². The van der Waals surface area contributed by atoms with E-state index in [-0.39, 0.29) is 0 Å². The van der Waals surface area contributed by atoms with E-state index in [0.717, 1.165) is 0 Å². The van der Waals surface area contributed by atoms with Crippen molar-refractivity contribution >= 4 is 23.5 Å². The summed E-state index contributed by atoms with van der Waals surface area (Å²) in [6.45, 7) is 0. The van der Waals surface area contributed by atoms with Crippen molar-refractivity contribution in [3.8, 4) is 0 Å². The minimum absolute atomic E-state index is 0.381. The van der Waals surface area contributed by atoms with Crippen LogP contribution in [-0.2, 0) is 0 Å². The van der Waals surface area contributed by atoms with Crippen LogP contribution in [0.5, 0.6) is 0 Å². The van der Waals surface area contributed by atoms with Crippen LogP contribution in [0.15, 0.2) is 6.20 Å². The molecule has 0 aliphatic carbocycles. The molecule has 0 bridgehead atoms. The van der Waals surface area contributed by atoms with E-state index in [4.69, 9.17) is 5.73 Å². The Bertz CT molecular complexity index is 193. The van der Waals surface area contributed by atoms with Gasteiger partial charge >= 0.3 is 0 Å². The topological polar surface area (TPSA) is 56.7 Å². The average Bonchev–Trinajstić information content (AvgIpc) is 2.14. The zero-order valence-corrected chi connectivity index (χ0v) is 4.80. The van der Waals surface area contributed by atoms with Crippen molar-refractivity contribution in [2.24, 2.45) is 0 Å². The van der Waals surface area contributed by atoms with Gasteiger partial charge in [0.25, 0.3) is 0 Å². The predicted molar refractivity (Wildman–Crippen MR) is 33.5 cm³/mol. The summed E-state index contributed by atoms with van der Waals surface area (Å²) in [4.78, 5) is 0. The van der Waals surface area contributed by atoms with Gasteiger partial charge in [0.15, 0.2) is 5.82 Å². The first-order chi connectivity index (χ1) is 3.83. The quantitative estimate of drug-likeness (QED) is 0.526. The molecule has 0 amide bonds. The molecule has 42 valence electrons. The van der Waals surface area contributed by atoms with Crippen molar-refractivity contribution in [3.63, 3.8) is 0 Å². The van der Waals surface area contributed by atoms with E-state index in [2.05, 4.69) is 22.5 Å². The average molecular weight is 128 g/mol. The number of nitrogens with zero attached hydrogens (tertiary/aromatic N) is 3. The summed E-state index contributed by atoms with van der Waals surface area (Å²) in [5, 5.41) is 7.00. The Balaban J connectivity index is 3.00. The summed E-state index contributed by atoms with van der Waals surface area (Å²) >= 11 is 4.51. The molecule has 1 aromatic heterocycles. The summed E-state index contributed by atoms with van der Waals surface area (Å²) in [5.74, 6) is 0.381. The highest BCUT2D eigenvalue weighted by Gasteiger charge is 1.87. The zero-order valence-electron chi connectivity index (χ0n) is 3.98. The van der Waals surface area contributed by atoms with Crippen LogP contribution in [0.25, 0.3) is 0 Å². The molecule has 0 saturated heterocycles. The summed E-state index contributed by atoms with van der Waals surface area (Å²) in [6.07, 6.45) is 1.53. The third-order valence-corrected chi connectivity index (χ3v) is 0.852. The largest absolute Gasteiger partial charge is 0.381 e. The molecule has 2 N–H and O–H groups in total. The number of anilines is 1. The van der Waals surface area contributed by atoms with Crippen LogP contribution >= 0.6 is 12.2 Å². The fraction of sp³-hybridized carbons (Fsp3) is 0. The van der Waals surface area contributed by atoms with Gasteiger partial charge in [0.2, 0.25) is 0 Å². The van der Waals surface area contributed by atoms with Gasteiger partial charge in [-0.3, -0.25) is 0 Å². The standard InChI is InChI=1S/C3H4N4S/c4-3-1-7(2-8)6-5-3/h1-2H,4H2. The molecule has 1 aromatic rings. The molecule has 0 aliphatic heterocycles. The molecule has 5 heteroatoms. The van der Waals surface area contributed by atoms with Gasteiger partial charge in [-0.25, -0.2) is 4.68 Å². The van der Waals surface area contributed by atoms with Gasteiger partial charge in [0.05, 0.1) is 11.7 Å². The van der Waals surface area contributed by atoms with Gasteiger partial charge in [-0.1, -0.05) is 17.4 Å². The summed E-state index contributed by atoms with van der Waals surface area (Å²) < 4.78 is 1.37. The second kappa shape index (κ2) is 1.87. The Hall–Kier alpha value is -0.970. The minimum Gasteiger partial charge on any atom is -0.381 e. The number of hydrogen-bond acceptors (Lipinski definition) is 4. The van der Waals surface area contributed by atoms with E-state index in [1.54, 1.807) is 0 Å². The van der Waals surface area contributed by atoms with Gasteiger partial charge < -0.3 is 5.73 Å². The molecule has 0 saturated carbocycles. The molecule has 4 nitrogen and oxygen atoms in total. The Morgan fingerprint density at radius 3 is 2.88 bits per heavy atom. The highest BCUT2D eigenvalue weighted by molar-refractivity contribution is 7.78. The monoisotopic (exact) mass is 128 g/mol. The number of aromatic nitrogens is 3. The molecule has 1 rings (SSSR count). The van der Waals surface area contributed by atoms with E-state index in [9.17, 15) is 0 Å². The maximum Gasteiger partial charge on any atom is 0.166 e. The number of nitrogen functional groups attached to an aromatic ring is 1. The zero-order chi connectivity index (χ0) is 5.98. The molecule has 8 heavy (non-hydrogen) atoms. The fourth-order valence-corrected chi connectivity index (χ4v) is 0.445. The fourth-order valence-electron chi connectivity index (χ4n) is 0.342. The number of hydrogen-bond donors (Lipinski definition) is 1. The second-order valence-corrected chi connectivity index (χ2v) is 1.44. The minimum atomic E-state index is 0.381. The lowest BCUT2D eigenvalue weighted by Crippen LogP contribution is -1.91. The predicted octanol–water partition coefficient (Wildman–Crippen LogP) is -0.334. The van der Waals surface area contributed by atoms with Gasteiger partial charge in [-0.2, -0.15) is 0 Å². The highest BCUT2D eigenvalue weighted by atomic mass is 32.1. The van der Waals surface area contributed by atoms with Crippen molar-refractivity contribution < 1.29 is 0 Å². The van der Waals surface area contributed by atoms with Gasteiger partial charge in [-0.15, -0.1) is 5.10 Å². The molecule has 0 spiro atoms. The van der Waals surface area contributed by atoms with E-state index < -0.39 is 0 Å². The lowest BCUT2D eigenvalue weighted by atomic mass is 10.8. The van der Waals surface area contributed by atoms with E-state index in [1.807, 2.05) is 0 Å². The van der Waals surface area contributed by atoms with Crippen LogP contribution in [-0.4, -0.2) is 20.5 Å². The Labute approximate surface area is 51.3 Å². The van der Waals surface area contributed by atoms with Crippen molar-refractivity contribution in [2.75, 3.05) is 5.73 Å². The van der Waals surface area contributed by atoms with Crippen LogP contribution in [0, 0.1) is 0 Å². The molecular weight excluding hydrogens is 124 g/mol. The van der Waals surface area contributed by atoms with Crippen LogP contribution in [0.1, 0.15) is 0 Å². The Morgan fingerprint density at radius 2 is 2.62 bits per heavy atom. The molecule has 0 aromatic carbocycles. The van der Waals surface area contributed by atoms with Crippen molar-refractivity contribution in [3.05, 3.63) is 6.20 Å². The number of rotatable bonds is 1. The van der Waals surface area contributed by atoms with Gasteiger partial charge in [0, 0.05) is 0 Å². The van der Waals surface area contributed by atoms with Crippen LogP contribution in [0.2, 0.25) is 0 Å². The van der Waals surface area contributed by atoms with Crippen LogP contribution in [0.4, 0.5) is 5.82 Å². The number of thiocarbonyl (C=S) groups is 1. The Kier molecular flexibility index (Phi) is 1.21. The van der Waals surface area contributed by atoms with E-state index >= 15 is 0 Å². The molecule has 0 aliphatic rings. The summed E-state index contributed by atoms with van der Waals surface area (Å²) in [6, 6.07) is 0. The molecule has 0 atom stereocenters. The van der Waals surface area contributed by atoms with Crippen molar-refractivity contribution in [1.82, 2.24) is 15.0 Å². The van der Waals surface area contributed by atoms with E-state index in [1.165, 1.54) is 16.4 Å². The first-order valence-electron chi connectivity index (χ1n) is 1.95. The van der Waals surface area contributed by atoms with Crippen molar-refractivity contribution in [2.45, 2.75) is 0 Å². The first kappa shape index (κ1) is 5.17.